The maximum atomic E-state index is 11.5. The van der Waals surface area contributed by atoms with Crippen LogP contribution in [0.3, 0.4) is 0 Å². The number of fused-ring (bicyclic) bond motifs is 1. The number of hydrogen-bond acceptors (Lipinski definition) is 21. The molecule has 520 valence electrons. The van der Waals surface area contributed by atoms with E-state index in [1.807, 2.05) is 13.8 Å². The molecule has 8 aliphatic heterocycles. The van der Waals surface area contributed by atoms with Crippen LogP contribution in [0.5, 0.6) is 0 Å². The zero-order valence-electron chi connectivity index (χ0n) is 57.0. The highest BCUT2D eigenvalue weighted by atomic mass is 32.1. The second-order valence-corrected chi connectivity index (χ2v) is 22.3. The predicted octanol–water partition coefficient (Wildman–Crippen LogP) is 9.72. The van der Waals surface area contributed by atoms with Crippen LogP contribution in [0, 0.1) is 16.7 Å². The van der Waals surface area contributed by atoms with E-state index < -0.39 is 23.7 Å². The number of thiol groups is 1. The average molecular weight is 1300 g/mol. The minimum Gasteiger partial charge on any atom is -0.466 e. The van der Waals surface area contributed by atoms with E-state index >= 15 is 0 Å². The third-order valence-electron chi connectivity index (χ3n) is 13.3. The van der Waals surface area contributed by atoms with Crippen molar-refractivity contribution in [2.45, 2.75) is 162 Å². The number of allylic oxidation sites excluding steroid dienone is 1. The lowest BCUT2D eigenvalue weighted by Crippen LogP contribution is -2.45. The number of methoxy groups -OCH3 is 7. The molecule has 0 aromatic carbocycles. The minimum atomic E-state index is -4.69. The van der Waals surface area contributed by atoms with Crippen molar-refractivity contribution in [2.75, 3.05) is 136 Å². The van der Waals surface area contributed by atoms with Gasteiger partial charge in [-0.15, -0.1) is 0 Å². The molecule has 7 atom stereocenters. The fourth-order valence-corrected chi connectivity index (χ4v) is 6.65. The Labute approximate surface area is 535 Å². The molecule has 9 aliphatic rings. The van der Waals surface area contributed by atoms with Crippen LogP contribution in [-0.4, -0.2) is 224 Å². The summed E-state index contributed by atoms with van der Waals surface area (Å²) in [4.78, 5) is 62.1. The molecular weight excluding hydrogens is 1190 g/mol. The average Bonchev–Trinajstić information content (AvgIpc) is 2.39. The molecule has 0 aromatic heterocycles. The van der Waals surface area contributed by atoms with E-state index in [4.69, 9.17) is 52.1 Å². The topological polar surface area (TPSA) is 251 Å². The fourth-order valence-electron chi connectivity index (χ4n) is 6.65. The number of esters is 3. The summed E-state index contributed by atoms with van der Waals surface area (Å²) in [6, 6.07) is 0. The zero-order valence-corrected chi connectivity index (χ0v) is 57.9. The van der Waals surface area contributed by atoms with Crippen LogP contribution in [0.2, 0.25) is 0 Å². The van der Waals surface area contributed by atoms with Crippen molar-refractivity contribution in [3.8, 4) is 0 Å². The van der Waals surface area contributed by atoms with E-state index in [-0.39, 0.29) is 34.8 Å². The van der Waals surface area contributed by atoms with Gasteiger partial charge in [-0.25, -0.2) is 14.4 Å². The maximum Gasteiger partial charge on any atom is 0.422 e. The predicted molar refractivity (Wildman–Crippen MR) is 339 cm³/mol. The van der Waals surface area contributed by atoms with Gasteiger partial charge in [0.15, 0.2) is 5.78 Å². The number of likely N-dealkylation sites (N-methyl/N-ethyl adjacent to an activating group) is 1. The van der Waals surface area contributed by atoms with Crippen molar-refractivity contribution in [1.82, 2.24) is 4.90 Å². The molecule has 1 saturated carbocycles. The monoisotopic (exact) mass is 1300 g/mol. The van der Waals surface area contributed by atoms with Gasteiger partial charge in [0.05, 0.1) is 117 Å². The summed E-state index contributed by atoms with van der Waals surface area (Å²) in [6.45, 7) is 42.5. The van der Waals surface area contributed by atoms with Gasteiger partial charge in [-0.2, -0.15) is 25.8 Å². The number of epoxide rings is 5. The molecule has 1 aliphatic carbocycles. The number of carbonyl (C=O) groups is 6. The first-order chi connectivity index (χ1) is 41.6. The van der Waals surface area contributed by atoms with E-state index in [1.165, 1.54) is 78.0 Å². The van der Waals surface area contributed by atoms with Crippen LogP contribution in [0.1, 0.15) is 114 Å². The number of ketones is 1. The van der Waals surface area contributed by atoms with Gasteiger partial charge in [0.25, 0.3) is 11.8 Å². The molecule has 21 nitrogen and oxygen atoms in total. The van der Waals surface area contributed by atoms with Gasteiger partial charge in [0.1, 0.15) is 17.3 Å². The number of imide groups is 1. The number of carbonyl (C=O) groups excluding carboxylic acids is 6. The van der Waals surface area contributed by atoms with E-state index in [0.717, 1.165) is 96.7 Å². The van der Waals surface area contributed by atoms with Gasteiger partial charge in [-0.1, -0.05) is 60.4 Å². The number of hydrogen-bond donors (Lipinski definition) is 1. The first-order valence-corrected chi connectivity index (χ1v) is 30.2. The Balaban J connectivity index is -0.000000444. The highest BCUT2D eigenvalue weighted by molar-refractivity contribution is 7.79. The highest BCUT2D eigenvalue weighted by Crippen LogP contribution is 2.39. The summed E-state index contributed by atoms with van der Waals surface area (Å²) >= 11 is 3.53. The van der Waals surface area contributed by atoms with Gasteiger partial charge < -0.3 is 66.3 Å². The van der Waals surface area contributed by atoms with Gasteiger partial charge in [-0.3, -0.25) is 19.3 Å². The van der Waals surface area contributed by atoms with E-state index in [2.05, 4.69) is 102 Å². The highest BCUT2D eigenvalue weighted by Gasteiger charge is 2.44. The summed E-state index contributed by atoms with van der Waals surface area (Å²) in [5, 5.41) is 0. The maximum absolute atomic E-state index is 11.5. The molecule has 7 saturated heterocycles. The number of amides is 2. The van der Waals surface area contributed by atoms with Crippen molar-refractivity contribution < 1.29 is 108 Å². The Morgan fingerprint density at radius 2 is 1.20 bits per heavy atom. The third-order valence-corrected chi connectivity index (χ3v) is 13.3. The summed E-state index contributed by atoms with van der Waals surface area (Å²) < 4.78 is 102. The molecule has 89 heavy (non-hydrogen) atoms. The first kappa shape index (κ1) is 91.0. The number of rotatable bonds is 16. The summed E-state index contributed by atoms with van der Waals surface area (Å²) in [7, 11) is 11.8. The second kappa shape index (κ2) is 50.2. The molecule has 2 amide bonds. The van der Waals surface area contributed by atoms with Crippen LogP contribution < -0.4 is 0 Å². The molecule has 0 aromatic rings. The lowest BCUT2D eigenvalue weighted by atomic mass is 9.84. The first-order valence-electron chi connectivity index (χ1n) is 29.3. The minimum absolute atomic E-state index is 0.0781. The smallest absolute Gasteiger partial charge is 0.422 e. The van der Waals surface area contributed by atoms with E-state index in [1.54, 1.807) is 41.6 Å². The number of ether oxygens (including phenoxy) is 14. The SMILES string of the molecule is C=C(C(=O)OC)C(F)(F)F.C=C(C)C(=O)OC.C=CC(=O)CC.C=CC(=O)OC.CC1CO1.CC1OC1(C)C.CCC1(COC)COC1.CCCC1(C)COC1.CN1C(=O)C=CC1=O.COCC1(C)CO1.COCC1CCC2OC2C1.COCC1CO1.CS. The van der Waals surface area contributed by atoms with Crippen LogP contribution in [0.15, 0.2) is 61.8 Å². The normalized spacial score (nSPS) is 23.7. The fraction of sp³-hybridized carbons (Fsp3) is 0.750. The third kappa shape index (κ3) is 49.0. The molecule has 0 bridgehead atoms. The molecule has 7 unspecified atom stereocenters. The lowest BCUT2D eigenvalue weighted by molar-refractivity contribution is -0.148. The molecule has 25 heteroatoms. The summed E-state index contributed by atoms with van der Waals surface area (Å²) in [5.74, 6) is -1.80. The molecular formula is C64H112F3NO20S. The lowest BCUT2D eigenvalue weighted by Gasteiger charge is -2.39. The Morgan fingerprint density at radius 3 is 1.35 bits per heavy atom. The van der Waals surface area contributed by atoms with Gasteiger partial charge in [0, 0.05) is 83.1 Å². The largest absolute Gasteiger partial charge is 0.466 e. The Bertz CT molecular complexity index is 2010. The van der Waals surface area contributed by atoms with Crippen molar-refractivity contribution in [3.63, 3.8) is 0 Å². The zero-order chi connectivity index (χ0) is 69.6. The second-order valence-electron chi connectivity index (χ2n) is 22.3. The molecule has 8 heterocycles. The van der Waals surface area contributed by atoms with E-state index in [0.29, 0.717) is 53.3 Å². The Morgan fingerprint density at radius 1 is 0.730 bits per heavy atom. The number of halogens is 3. The van der Waals surface area contributed by atoms with Crippen LogP contribution >= 0.6 is 12.6 Å². The standard InChI is InChI=1S/C8H14O2.C7H14O2.C7H14O.C5H5F3O2.C5H5NO2.C5H10O2.C5H8O2.C5H10O.C5H8O.C4H8O2.C4H6O2.C3H6O.CH4S/c1-9-5-6-2-3-7-8(4-6)10-7;1-3-7(4-8-2)5-9-6-7;1-3-4-7(2)5-8-6-7;1-3(4(9)10-2)5(6,7)8;1-6-4(7)2-3-5(6)8;1-5(3-6-2)4-7-5;1-4(2)5(6)7-3;1-4-5(2,3)6-4;1-3-5(6)4-2;1-5-2-4-3-6-4;1-3-4(5)6-2;1-3-2-4-3;1-2/h6-8H,2-5H2,1H3;3-6H2,1-2H3;3-6H2,1-2H3;1H2,2H3;2-3H,1H3;3-4H2,1-2H3;1H2,2-3H3;4H,1-3H3;3H,1,4H2,2H3;4H,2-3H2,1H3;3H,1H2,2H3;3H,2H2,1H3;2H,1H3. The number of alkyl halides is 3. The Kier molecular flexibility index (Phi) is 51.4. The molecule has 8 fully saturated rings. The summed E-state index contributed by atoms with van der Waals surface area (Å²) in [6.07, 6.45) is 12.9. The van der Waals surface area contributed by atoms with Crippen molar-refractivity contribution in [3.05, 3.63) is 61.8 Å². The van der Waals surface area contributed by atoms with E-state index in [9.17, 15) is 41.9 Å². The van der Waals surface area contributed by atoms with Gasteiger partial charge in [-0.05, 0) is 91.9 Å². The van der Waals surface area contributed by atoms with Crippen molar-refractivity contribution >= 4 is 48.1 Å². The molecule has 0 spiro atoms. The van der Waals surface area contributed by atoms with Crippen molar-refractivity contribution in [2.24, 2.45) is 16.7 Å². The quantitative estimate of drug-likeness (QED) is 0.0377. The molecule has 0 N–H and O–H groups in total. The number of nitrogens with zero attached hydrogens (tertiary/aromatic N) is 1. The summed E-state index contributed by atoms with van der Waals surface area (Å²) in [5.41, 5.74) is 0.149. The van der Waals surface area contributed by atoms with Gasteiger partial charge in [0.2, 0.25) is 0 Å². The van der Waals surface area contributed by atoms with Crippen molar-refractivity contribution in [1.29, 1.82) is 0 Å². The van der Waals surface area contributed by atoms with Gasteiger partial charge >= 0.3 is 24.1 Å². The van der Waals surface area contributed by atoms with Crippen LogP contribution in [0.25, 0.3) is 0 Å². The van der Waals surface area contributed by atoms with Crippen LogP contribution in [0.4, 0.5) is 13.2 Å². The Hall–Kier alpha value is -4.38. The molecule has 9 rings (SSSR count). The van der Waals surface area contributed by atoms with Crippen LogP contribution in [-0.2, 0) is 95.1 Å². The molecule has 0 radical (unpaired) electrons.